The molecule has 0 spiro atoms. The number of halogens is 3. The maximum Gasteiger partial charge on any atom is 0.416 e. The Morgan fingerprint density at radius 2 is 2.00 bits per heavy atom. The fourth-order valence-electron chi connectivity index (χ4n) is 2.22. The summed E-state index contributed by atoms with van der Waals surface area (Å²) in [6, 6.07) is 5.21. The Balaban J connectivity index is 2.17. The van der Waals surface area contributed by atoms with Gasteiger partial charge in [-0.1, -0.05) is 0 Å². The van der Waals surface area contributed by atoms with E-state index in [4.69, 9.17) is 5.73 Å². The second-order valence-corrected chi connectivity index (χ2v) is 4.55. The molecular weight excluding hydrogens is 269 g/mol. The lowest BCUT2D eigenvalue weighted by molar-refractivity contribution is -0.137. The first-order chi connectivity index (χ1) is 9.36. The van der Waals surface area contributed by atoms with E-state index in [0.29, 0.717) is 28.0 Å². The lowest BCUT2D eigenvalue weighted by Gasteiger charge is -2.05. The molecular formula is C13H11F3N4. The molecule has 3 rings (SSSR count). The number of benzene rings is 1. The zero-order valence-electron chi connectivity index (χ0n) is 10.5. The molecule has 0 aliphatic heterocycles. The summed E-state index contributed by atoms with van der Waals surface area (Å²) in [5.41, 5.74) is 7.51. The minimum Gasteiger partial charge on any atom is -0.396 e. The maximum absolute atomic E-state index is 12.7. The standard InChI is InChI=1S/C13H11F3N4/c1-20-12(9(17)6-18-20)11-5-7-4-8(13(14,15)16)2-3-10(7)19-11/h2-6,19H,17H2,1H3. The van der Waals surface area contributed by atoms with Crippen molar-refractivity contribution >= 4 is 16.6 Å². The third-order valence-corrected chi connectivity index (χ3v) is 3.17. The van der Waals surface area contributed by atoms with Crippen LogP contribution in [0.5, 0.6) is 0 Å². The normalized spacial score (nSPS) is 12.2. The largest absolute Gasteiger partial charge is 0.416 e. The van der Waals surface area contributed by atoms with E-state index in [1.807, 2.05) is 0 Å². The number of aromatic amines is 1. The van der Waals surface area contributed by atoms with Crippen LogP contribution >= 0.6 is 0 Å². The van der Waals surface area contributed by atoms with Crippen LogP contribution in [0.2, 0.25) is 0 Å². The highest BCUT2D eigenvalue weighted by Crippen LogP contribution is 2.33. The fourth-order valence-corrected chi connectivity index (χ4v) is 2.22. The van der Waals surface area contributed by atoms with Gasteiger partial charge in [-0.15, -0.1) is 0 Å². The van der Waals surface area contributed by atoms with Gasteiger partial charge in [0.1, 0.15) is 5.69 Å². The van der Waals surface area contributed by atoms with Crippen LogP contribution in [0.4, 0.5) is 18.9 Å². The van der Waals surface area contributed by atoms with Gasteiger partial charge in [-0.3, -0.25) is 4.68 Å². The molecule has 3 N–H and O–H groups in total. The zero-order valence-corrected chi connectivity index (χ0v) is 10.5. The van der Waals surface area contributed by atoms with Gasteiger partial charge in [0.15, 0.2) is 0 Å². The first kappa shape index (κ1) is 12.6. The average molecular weight is 280 g/mol. The van der Waals surface area contributed by atoms with Crippen LogP contribution in [0.25, 0.3) is 22.3 Å². The second-order valence-electron chi connectivity index (χ2n) is 4.55. The van der Waals surface area contributed by atoms with Crippen molar-refractivity contribution in [3.05, 3.63) is 36.0 Å². The first-order valence-corrected chi connectivity index (χ1v) is 5.84. The number of nitrogens with one attached hydrogen (secondary N) is 1. The number of hydrogen-bond acceptors (Lipinski definition) is 2. The third kappa shape index (κ3) is 1.91. The van der Waals surface area contributed by atoms with Crippen molar-refractivity contribution < 1.29 is 13.2 Å². The summed E-state index contributed by atoms with van der Waals surface area (Å²) in [7, 11) is 1.72. The van der Waals surface area contributed by atoms with E-state index in [0.717, 1.165) is 12.1 Å². The highest BCUT2D eigenvalue weighted by Gasteiger charge is 2.30. The predicted molar refractivity (Wildman–Crippen MR) is 69.9 cm³/mol. The lowest BCUT2D eigenvalue weighted by Crippen LogP contribution is -2.03. The molecule has 0 bridgehead atoms. The van der Waals surface area contributed by atoms with E-state index in [1.54, 1.807) is 17.8 Å². The van der Waals surface area contributed by atoms with Gasteiger partial charge in [-0.25, -0.2) is 0 Å². The number of nitrogen functional groups attached to an aromatic ring is 1. The monoisotopic (exact) mass is 280 g/mol. The minimum absolute atomic E-state index is 0.468. The van der Waals surface area contributed by atoms with Crippen molar-refractivity contribution in [3.8, 4) is 11.4 Å². The van der Waals surface area contributed by atoms with Crippen LogP contribution < -0.4 is 5.73 Å². The SMILES string of the molecule is Cn1ncc(N)c1-c1cc2cc(C(F)(F)F)ccc2[nH]1. The molecule has 0 aliphatic carbocycles. The van der Waals surface area contributed by atoms with Crippen LogP contribution in [0.15, 0.2) is 30.5 Å². The van der Waals surface area contributed by atoms with Crippen LogP contribution in [0.1, 0.15) is 5.56 Å². The van der Waals surface area contributed by atoms with Crippen LogP contribution in [-0.2, 0) is 13.2 Å². The van der Waals surface area contributed by atoms with Gasteiger partial charge in [0.05, 0.1) is 23.1 Å². The molecule has 104 valence electrons. The smallest absolute Gasteiger partial charge is 0.396 e. The third-order valence-electron chi connectivity index (χ3n) is 3.17. The molecule has 0 atom stereocenters. The average Bonchev–Trinajstić information content (AvgIpc) is 2.90. The molecule has 0 saturated carbocycles. The number of hydrogen-bond donors (Lipinski definition) is 2. The van der Waals surface area contributed by atoms with Crippen molar-refractivity contribution in [1.82, 2.24) is 14.8 Å². The molecule has 0 amide bonds. The fraction of sp³-hybridized carbons (Fsp3) is 0.154. The summed E-state index contributed by atoms with van der Waals surface area (Å²) in [6.07, 6.45) is -2.85. The molecule has 0 radical (unpaired) electrons. The number of aromatic nitrogens is 3. The van der Waals surface area contributed by atoms with E-state index in [-0.39, 0.29) is 0 Å². The van der Waals surface area contributed by atoms with Crippen LogP contribution in [0.3, 0.4) is 0 Å². The number of nitrogens with zero attached hydrogens (tertiary/aromatic N) is 2. The Bertz CT molecular complexity index is 763. The zero-order chi connectivity index (χ0) is 14.5. The molecule has 3 aromatic rings. The van der Waals surface area contributed by atoms with E-state index >= 15 is 0 Å². The molecule has 20 heavy (non-hydrogen) atoms. The van der Waals surface area contributed by atoms with Gasteiger partial charge < -0.3 is 10.7 Å². The molecule has 4 nitrogen and oxygen atoms in total. The summed E-state index contributed by atoms with van der Waals surface area (Å²) < 4.78 is 39.6. The number of alkyl halides is 3. The van der Waals surface area contributed by atoms with Crippen molar-refractivity contribution in [2.45, 2.75) is 6.18 Å². The summed E-state index contributed by atoms with van der Waals surface area (Å²) >= 11 is 0. The summed E-state index contributed by atoms with van der Waals surface area (Å²) in [5, 5.41) is 4.49. The minimum atomic E-state index is -4.35. The predicted octanol–water partition coefficient (Wildman–Crippen LogP) is 3.17. The van der Waals surface area contributed by atoms with E-state index in [1.165, 1.54) is 12.3 Å². The summed E-state index contributed by atoms with van der Waals surface area (Å²) in [4.78, 5) is 3.05. The molecule has 2 aromatic heterocycles. The molecule has 7 heteroatoms. The van der Waals surface area contributed by atoms with Crippen molar-refractivity contribution in [2.24, 2.45) is 7.05 Å². The highest BCUT2D eigenvalue weighted by atomic mass is 19.4. The number of rotatable bonds is 1. The molecule has 1 aromatic carbocycles. The number of nitrogens with two attached hydrogens (primary N) is 1. The lowest BCUT2D eigenvalue weighted by atomic mass is 10.1. The van der Waals surface area contributed by atoms with Gasteiger partial charge in [-0.05, 0) is 24.3 Å². The van der Waals surface area contributed by atoms with E-state index in [9.17, 15) is 13.2 Å². The van der Waals surface area contributed by atoms with Gasteiger partial charge in [0, 0.05) is 18.0 Å². The topological polar surface area (TPSA) is 59.6 Å². The maximum atomic E-state index is 12.7. The van der Waals surface area contributed by atoms with Gasteiger partial charge in [0.2, 0.25) is 0 Å². The number of aryl methyl sites for hydroxylation is 1. The number of H-pyrrole nitrogens is 1. The van der Waals surface area contributed by atoms with Crippen LogP contribution in [0, 0.1) is 0 Å². The molecule has 0 aliphatic rings. The molecule has 0 saturated heterocycles. The Hall–Kier alpha value is -2.44. The Morgan fingerprint density at radius 3 is 2.60 bits per heavy atom. The Kier molecular flexibility index (Phi) is 2.53. The Morgan fingerprint density at radius 1 is 1.25 bits per heavy atom. The van der Waals surface area contributed by atoms with Gasteiger partial charge >= 0.3 is 6.18 Å². The quantitative estimate of drug-likeness (QED) is 0.719. The summed E-state index contributed by atoms with van der Waals surface area (Å²) in [5.74, 6) is 0. The molecule has 0 unspecified atom stereocenters. The molecule has 0 fully saturated rings. The van der Waals surface area contributed by atoms with Crippen LogP contribution in [-0.4, -0.2) is 14.8 Å². The summed E-state index contributed by atoms with van der Waals surface area (Å²) in [6.45, 7) is 0. The van der Waals surface area contributed by atoms with Crippen molar-refractivity contribution in [2.75, 3.05) is 5.73 Å². The highest BCUT2D eigenvalue weighted by molar-refractivity contribution is 5.87. The van der Waals surface area contributed by atoms with E-state index < -0.39 is 11.7 Å². The Labute approximate surface area is 112 Å². The van der Waals surface area contributed by atoms with Gasteiger partial charge in [0.25, 0.3) is 0 Å². The first-order valence-electron chi connectivity index (χ1n) is 5.84. The van der Waals surface area contributed by atoms with Crippen molar-refractivity contribution in [3.63, 3.8) is 0 Å². The van der Waals surface area contributed by atoms with E-state index in [2.05, 4.69) is 10.1 Å². The van der Waals surface area contributed by atoms with Crippen molar-refractivity contribution in [1.29, 1.82) is 0 Å². The second kappa shape index (κ2) is 4.03. The number of anilines is 1. The van der Waals surface area contributed by atoms with Gasteiger partial charge in [-0.2, -0.15) is 18.3 Å². The molecule has 2 heterocycles. The number of fused-ring (bicyclic) bond motifs is 1.